The highest BCUT2D eigenvalue weighted by Crippen LogP contribution is 2.21. The van der Waals surface area contributed by atoms with Gasteiger partial charge in [-0.1, -0.05) is 49.4 Å². The number of nitrogens with one attached hydrogen (secondary N) is 2. The zero-order chi connectivity index (χ0) is 27.9. The van der Waals surface area contributed by atoms with Gasteiger partial charge in [0.1, 0.15) is 11.6 Å². The van der Waals surface area contributed by atoms with Crippen LogP contribution in [0.25, 0.3) is 5.69 Å². The first-order valence-corrected chi connectivity index (χ1v) is 13.2. The summed E-state index contributed by atoms with van der Waals surface area (Å²) < 4.78 is 29.8. The van der Waals surface area contributed by atoms with Gasteiger partial charge in [-0.25, -0.2) is 8.78 Å². The van der Waals surface area contributed by atoms with Crippen molar-refractivity contribution in [2.45, 2.75) is 52.3 Å². The van der Waals surface area contributed by atoms with E-state index in [2.05, 4.69) is 29.7 Å². The summed E-state index contributed by atoms with van der Waals surface area (Å²) in [5, 5.41) is 17.3. The minimum absolute atomic E-state index is 0.0615. The molecule has 0 saturated heterocycles. The minimum Gasteiger partial charge on any atom is -0.390 e. The fraction of sp³-hybridized carbons (Fsp3) is 0.281. The molecule has 4 aromatic rings. The molecule has 0 aliphatic heterocycles. The molecule has 0 fully saturated rings. The molecule has 1 amide bonds. The second-order valence-corrected chi connectivity index (χ2v) is 9.89. The number of carbonyl (C=O) groups is 1. The fourth-order valence-electron chi connectivity index (χ4n) is 4.95. The van der Waals surface area contributed by atoms with E-state index < -0.39 is 23.8 Å². The molecule has 7 heteroatoms. The maximum absolute atomic E-state index is 13.9. The van der Waals surface area contributed by atoms with Crippen LogP contribution in [0.15, 0.2) is 78.9 Å². The molecule has 0 spiro atoms. The highest BCUT2D eigenvalue weighted by Gasteiger charge is 2.25. The van der Waals surface area contributed by atoms with Gasteiger partial charge >= 0.3 is 0 Å². The van der Waals surface area contributed by atoms with Crippen molar-refractivity contribution in [2.24, 2.45) is 0 Å². The van der Waals surface area contributed by atoms with E-state index in [0.717, 1.165) is 35.1 Å². The van der Waals surface area contributed by atoms with Gasteiger partial charge in [0.05, 0.1) is 17.7 Å². The van der Waals surface area contributed by atoms with Gasteiger partial charge in [-0.15, -0.1) is 0 Å². The first kappa shape index (κ1) is 28.2. The SMILES string of the molecule is CCc1cccc(CNC[C@H](O)[C@H](Cc2cc(F)cc(F)c2)NC(=O)c2cc(C)n(-c3ccccc3)c2C)c1. The molecule has 0 aliphatic rings. The van der Waals surface area contributed by atoms with Gasteiger partial charge < -0.3 is 20.3 Å². The van der Waals surface area contributed by atoms with E-state index in [0.29, 0.717) is 17.7 Å². The average molecular weight is 532 g/mol. The van der Waals surface area contributed by atoms with E-state index in [-0.39, 0.29) is 18.9 Å². The number of amides is 1. The highest BCUT2D eigenvalue weighted by molar-refractivity contribution is 5.96. The molecule has 0 bridgehead atoms. The lowest BCUT2D eigenvalue weighted by Gasteiger charge is -2.25. The molecule has 3 N–H and O–H groups in total. The van der Waals surface area contributed by atoms with Crippen LogP contribution in [0.2, 0.25) is 0 Å². The maximum atomic E-state index is 13.9. The standard InChI is InChI=1S/C32H35F2N3O2/c1-4-23-9-8-10-24(14-23)19-35-20-31(38)30(17-25-15-26(33)18-27(34)16-25)36-32(39)29-13-21(2)37(22(29)3)28-11-6-5-7-12-28/h5-16,18,30-31,35,38H,4,17,19-20H2,1-3H3,(H,36,39)/t30-,31-/m0/s1. The Kier molecular flexibility index (Phi) is 9.28. The van der Waals surface area contributed by atoms with E-state index in [1.165, 1.54) is 17.7 Å². The molecule has 0 radical (unpaired) electrons. The van der Waals surface area contributed by atoms with Gasteiger partial charge in [0.15, 0.2) is 0 Å². The quantitative estimate of drug-likeness (QED) is 0.242. The zero-order valence-corrected chi connectivity index (χ0v) is 22.5. The number of aromatic nitrogens is 1. The molecule has 2 atom stereocenters. The highest BCUT2D eigenvalue weighted by atomic mass is 19.1. The van der Waals surface area contributed by atoms with Crippen LogP contribution < -0.4 is 10.6 Å². The summed E-state index contributed by atoms with van der Waals surface area (Å²) in [4.78, 5) is 13.5. The number of aliphatic hydroxyl groups is 1. The molecule has 0 unspecified atom stereocenters. The summed E-state index contributed by atoms with van der Waals surface area (Å²) in [6.07, 6.45) is -0.0154. The summed E-state index contributed by atoms with van der Waals surface area (Å²) in [6, 6.07) is 22.2. The van der Waals surface area contributed by atoms with Crippen molar-refractivity contribution in [2.75, 3.05) is 6.54 Å². The number of carbonyl (C=O) groups excluding carboxylic acids is 1. The van der Waals surface area contributed by atoms with Crippen molar-refractivity contribution in [3.8, 4) is 5.69 Å². The summed E-state index contributed by atoms with van der Waals surface area (Å²) in [5.41, 5.74) is 5.73. The number of nitrogens with zero attached hydrogens (tertiary/aromatic N) is 1. The molecule has 1 aromatic heterocycles. The van der Waals surface area contributed by atoms with Crippen LogP contribution in [-0.2, 0) is 19.4 Å². The molecule has 5 nitrogen and oxygen atoms in total. The molecule has 1 heterocycles. The van der Waals surface area contributed by atoms with Crippen molar-refractivity contribution < 1.29 is 18.7 Å². The zero-order valence-electron chi connectivity index (χ0n) is 22.5. The Morgan fingerprint density at radius 2 is 1.59 bits per heavy atom. The van der Waals surface area contributed by atoms with Crippen molar-refractivity contribution in [1.29, 1.82) is 0 Å². The van der Waals surface area contributed by atoms with E-state index in [1.807, 2.05) is 66.9 Å². The van der Waals surface area contributed by atoms with Crippen LogP contribution in [0.4, 0.5) is 8.78 Å². The maximum Gasteiger partial charge on any atom is 0.253 e. The van der Waals surface area contributed by atoms with Gasteiger partial charge in [-0.2, -0.15) is 0 Å². The van der Waals surface area contributed by atoms with Crippen LogP contribution in [-0.4, -0.2) is 34.3 Å². The average Bonchev–Trinajstić information content (AvgIpc) is 3.21. The second-order valence-electron chi connectivity index (χ2n) is 9.89. The van der Waals surface area contributed by atoms with Gasteiger partial charge in [0.25, 0.3) is 5.91 Å². The fourth-order valence-corrected chi connectivity index (χ4v) is 4.95. The van der Waals surface area contributed by atoms with Gasteiger partial charge in [0.2, 0.25) is 0 Å². The number of hydrogen-bond acceptors (Lipinski definition) is 3. The lowest BCUT2D eigenvalue weighted by Crippen LogP contribution is -2.48. The van der Waals surface area contributed by atoms with E-state index in [4.69, 9.17) is 0 Å². The number of rotatable bonds is 11. The third kappa shape index (κ3) is 7.19. The summed E-state index contributed by atoms with van der Waals surface area (Å²) in [5.74, 6) is -1.77. The summed E-state index contributed by atoms with van der Waals surface area (Å²) in [7, 11) is 0. The molecular weight excluding hydrogens is 496 g/mol. The summed E-state index contributed by atoms with van der Waals surface area (Å²) in [6.45, 7) is 6.61. The predicted octanol–water partition coefficient (Wildman–Crippen LogP) is 5.43. The Hall–Kier alpha value is -3.81. The van der Waals surface area contributed by atoms with E-state index in [9.17, 15) is 18.7 Å². The molecule has 204 valence electrons. The Balaban J connectivity index is 1.52. The number of aryl methyl sites for hydroxylation is 2. The van der Waals surface area contributed by atoms with Crippen LogP contribution in [0, 0.1) is 25.5 Å². The largest absolute Gasteiger partial charge is 0.390 e. The van der Waals surface area contributed by atoms with Gasteiger partial charge in [-0.3, -0.25) is 4.79 Å². The van der Waals surface area contributed by atoms with E-state index >= 15 is 0 Å². The Morgan fingerprint density at radius 1 is 0.897 bits per heavy atom. The van der Waals surface area contributed by atoms with E-state index in [1.54, 1.807) is 0 Å². The Bertz CT molecular complexity index is 1400. The van der Waals surface area contributed by atoms with Crippen molar-refractivity contribution in [3.63, 3.8) is 0 Å². The molecule has 39 heavy (non-hydrogen) atoms. The van der Waals surface area contributed by atoms with Gasteiger partial charge in [-0.05, 0) is 73.7 Å². The molecular formula is C32H35F2N3O2. The monoisotopic (exact) mass is 531 g/mol. The number of benzene rings is 3. The lowest BCUT2D eigenvalue weighted by atomic mass is 10.00. The number of aliphatic hydroxyl groups excluding tert-OH is 1. The first-order chi connectivity index (χ1) is 18.7. The number of hydrogen-bond donors (Lipinski definition) is 3. The van der Waals surface area contributed by atoms with Crippen LogP contribution in [0.5, 0.6) is 0 Å². The second kappa shape index (κ2) is 12.8. The van der Waals surface area contributed by atoms with Crippen LogP contribution in [0.3, 0.4) is 0 Å². The van der Waals surface area contributed by atoms with Crippen molar-refractivity contribution in [1.82, 2.24) is 15.2 Å². The lowest BCUT2D eigenvalue weighted by molar-refractivity contribution is 0.0829. The molecule has 4 rings (SSSR count). The van der Waals surface area contributed by atoms with Crippen molar-refractivity contribution >= 4 is 5.91 Å². The third-order valence-electron chi connectivity index (χ3n) is 6.93. The number of para-hydroxylation sites is 1. The number of halogens is 2. The van der Waals surface area contributed by atoms with Crippen LogP contribution in [0.1, 0.15) is 45.4 Å². The van der Waals surface area contributed by atoms with Crippen molar-refractivity contribution in [3.05, 3.63) is 124 Å². The van der Waals surface area contributed by atoms with Gasteiger partial charge in [0, 0.05) is 36.2 Å². The molecule has 3 aromatic carbocycles. The normalized spacial score (nSPS) is 12.8. The Morgan fingerprint density at radius 3 is 2.28 bits per heavy atom. The molecule has 0 aliphatic carbocycles. The Labute approximate surface area is 228 Å². The third-order valence-corrected chi connectivity index (χ3v) is 6.93. The minimum atomic E-state index is -1.01. The smallest absolute Gasteiger partial charge is 0.253 e. The summed E-state index contributed by atoms with van der Waals surface area (Å²) >= 11 is 0. The van der Waals surface area contributed by atoms with Crippen LogP contribution >= 0.6 is 0 Å². The first-order valence-electron chi connectivity index (χ1n) is 13.2. The molecule has 0 saturated carbocycles. The topological polar surface area (TPSA) is 66.3 Å². The predicted molar refractivity (Wildman–Crippen MR) is 150 cm³/mol.